The summed E-state index contributed by atoms with van der Waals surface area (Å²) in [5.74, 6) is 1.00. The number of aliphatic hydroxyl groups is 1. The maximum absolute atomic E-state index is 9.17. The Labute approximate surface area is 49.7 Å². The molecule has 3 rings (SSSR count). The number of rotatable bonds is 1. The lowest BCUT2D eigenvalue weighted by Crippen LogP contribution is -2.57. The van der Waals surface area contributed by atoms with Crippen LogP contribution in [0.5, 0.6) is 0 Å². The molecule has 0 saturated heterocycles. The van der Waals surface area contributed by atoms with E-state index in [1.807, 2.05) is 6.92 Å². The maximum Gasteiger partial charge on any atom is 0.0568 e. The normalized spacial score (nSPS) is 54.0. The van der Waals surface area contributed by atoms with Crippen LogP contribution in [0, 0.1) is 11.3 Å². The average molecular weight is 112 g/mol. The summed E-state index contributed by atoms with van der Waals surface area (Å²) < 4.78 is 0. The third kappa shape index (κ3) is 0.334. The largest absolute Gasteiger partial charge is 0.393 e. The Bertz CT molecular complexity index is 101. The van der Waals surface area contributed by atoms with E-state index in [9.17, 15) is 0 Å². The second kappa shape index (κ2) is 1.10. The zero-order valence-electron chi connectivity index (χ0n) is 5.22. The fourth-order valence-electron chi connectivity index (χ4n) is 2.06. The van der Waals surface area contributed by atoms with Crippen LogP contribution in [0.4, 0.5) is 0 Å². The van der Waals surface area contributed by atoms with Crippen molar-refractivity contribution in [2.24, 2.45) is 11.3 Å². The molecule has 3 saturated carbocycles. The van der Waals surface area contributed by atoms with Gasteiger partial charge in [-0.05, 0) is 37.5 Å². The summed E-state index contributed by atoms with van der Waals surface area (Å²) in [5, 5.41) is 9.17. The zero-order chi connectivity index (χ0) is 5.78. The van der Waals surface area contributed by atoms with E-state index in [1.165, 1.54) is 19.3 Å². The Morgan fingerprint density at radius 2 is 2.00 bits per heavy atom. The van der Waals surface area contributed by atoms with Gasteiger partial charge in [-0.2, -0.15) is 0 Å². The van der Waals surface area contributed by atoms with E-state index in [0.29, 0.717) is 5.41 Å². The fourth-order valence-corrected chi connectivity index (χ4v) is 2.06. The van der Waals surface area contributed by atoms with E-state index < -0.39 is 0 Å². The van der Waals surface area contributed by atoms with Crippen LogP contribution in [0.1, 0.15) is 26.2 Å². The third-order valence-electron chi connectivity index (χ3n) is 2.97. The van der Waals surface area contributed by atoms with Crippen molar-refractivity contribution >= 4 is 0 Å². The smallest absolute Gasteiger partial charge is 0.0568 e. The molecule has 0 aromatic rings. The molecule has 0 amide bonds. The highest BCUT2D eigenvalue weighted by Crippen LogP contribution is 2.65. The molecule has 3 fully saturated rings. The minimum Gasteiger partial charge on any atom is -0.393 e. The molecule has 3 aliphatic rings. The molecule has 0 unspecified atom stereocenters. The fraction of sp³-hybridized carbons (Fsp3) is 1.00. The zero-order valence-corrected chi connectivity index (χ0v) is 5.22. The molecule has 46 valence electrons. The highest BCUT2D eigenvalue weighted by molar-refractivity contribution is 5.09. The van der Waals surface area contributed by atoms with Crippen LogP contribution in [-0.2, 0) is 0 Å². The van der Waals surface area contributed by atoms with Crippen LogP contribution < -0.4 is 0 Å². The number of hydrogen-bond acceptors (Lipinski definition) is 1. The molecular weight excluding hydrogens is 100 g/mol. The van der Waals surface area contributed by atoms with Gasteiger partial charge in [-0.3, -0.25) is 0 Å². The van der Waals surface area contributed by atoms with Crippen molar-refractivity contribution in [3.8, 4) is 0 Å². The molecule has 1 atom stereocenters. The lowest BCUT2D eigenvalue weighted by molar-refractivity contribution is -0.176. The summed E-state index contributed by atoms with van der Waals surface area (Å²) >= 11 is 0. The van der Waals surface area contributed by atoms with E-state index in [0.717, 1.165) is 5.92 Å². The van der Waals surface area contributed by atoms with E-state index >= 15 is 0 Å². The van der Waals surface area contributed by atoms with Gasteiger partial charge in [0, 0.05) is 0 Å². The summed E-state index contributed by atoms with van der Waals surface area (Å²) in [6, 6.07) is 0. The molecule has 1 N–H and O–H groups in total. The molecule has 2 bridgehead atoms. The van der Waals surface area contributed by atoms with Crippen LogP contribution in [0.2, 0.25) is 0 Å². The van der Waals surface area contributed by atoms with Gasteiger partial charge in [-0.25, -0.2) is 0 Å². The van der Waals surface area contributed by atoms with Crippen molar-refractivity contribution < 1.29 is 5.11 Å². The molecule has 0 aromatic heterocycles. The molecule has 0 aliphatic heterocycles. The van der Waals surface area contributed by atoms with Gasteiger partial charge >= 0.3 is 0 Å². The van der Waals surface area contributed by atoms with Crippen LogP contribution in [0.3, 0.4) is 0 Å². The minimum absolute atomic E-state index is 0.0347. The minimum atomic E-state index is -0.0347. The van der Waals surface area contributed by atoms with Crippen LogP contribution in [0.25, 0.3) is 0 Å². The Morgan fingerprint density at radius 3 is 2.00 bits per heavy atom. The van der Waals surface area contributed by atoms with Crippen LogP contribution >= 0.6 is 0 Å². The lowest BCUT2D eigenvalue weighted by Gasteiger charge is -2.63. The molecular formula is C7H12O. The van der Waals surface area contributed by atoms with Crippen molar-refractivity contribution in [3.05, 3.63) is 0 Å². The van der Waals surface area contributed by atoms with E-state index in [1.54, 1.807) is 0 Å². The first-order valence-corrected chi connectivity index (χ1v) is 3.41. The Morgan fingerprint density at radius 1 is 1.50 bits per heavy atom. The maximum atomic E-state index is 9.17. The van der Waals surface area contributed by atoms with Gasteiger partial charge in [0.05, 0.1) is 6.10 Å². The average Bonchev–Trinajstić information content (AvgIpc) is 1.16. The highest BCUT2D eigenvalue weighted by Gasteiger charge is 2.58. The molecule has 1 heteroatoms. The van der Waals surface area contributed by atoms with Crippen molar-refractivity contribution in [2.45, 2.75) is 32.3 Å². The first-order chi connectivity index (χ1) is 3.73. The van der Waals surface area contributed by atoms with Gasteiger partial charge in [-0.1, -0.05) is 0 Å². The first kappa shape index (κ1) is 4.80. The van der Waals surface area contributed by atoms with E-state index in [4.69, 9.17) is 5.11 Å². The quantitative estimate of drug-likeness (QED) is 0.539. The van der Waals surface area contributed by atoms with Crippen LogP contribution in [-0.4, -0.2) is 11.2 Å². The van der Waals surface area contributed by atoms with Gasteiger partial charge in [0.2, 0.25) is 0 Å². The predicted molar refractivity (Wildman–Crippen MR) is 31.5 cm³/mol. The van der Waals surface area contributed by atoms with Gasteiger partial charge in [0.15, 0.2) is 0 Å². The Hall–Kier alpha value is -0.0400. The molecule has 3 aliphatic carbocycles. The standard InChI is InChI=1S/C7H12O/c1-5(8)7-2-6(3-7)4-7/h5-6,8H,2-4H2,1H3/t5-,6?,7?/m1/s1. The predicted octanol–water partition coefficient (Wildman–Crippen LogP) is 1.17. The third-order valence-corrected chi connectivity index (χ3v) is 2.97. The lowest BCUT2D eigenvalue weighted by atomic mass is 9.42. The summed E-state index contributed by atoms with van der Waals surface area (Å²) in [5.41, 5.74) is 0.421. The van der Waals surface area contributed by atoms with Crippen LogP contribution in [0.15, 0.2) is 0 Å². The molecule has 0 aromatic carbocycles. The highest BCUT2D eigenvalue weighted by atomic mass is 16.3. The second-order valence-electron chi connectivity index (χ2n) is 3.52. The summed E-state index contributed by atoms with van der Waals surface area (Å²) in [4.78, 5) is 0. The van der Waals surface area contributed by atoms with E-state index in [2.05, 4.69) is 0 Å². The van der Waals surface area contributed by atoms with Gasteiger partial charge in [0.1, 0.15) is 0 Å². The summed E-state index contributed by atoms with van der Waals surface area (Å²) in [6.07, 6.45) is 3.90. The van der Waals surface area contributed by atoms with Crippen molar-refractivity contribution in [1.82, 2.24) is 0 Å². The van der Waals surface area contributed by atoms with Gasteiger partial charge in [0.25, 0.3) is 0 Å². The molecule has 8 heavy (non-hydrogen) atoms. The molecule has 0 heterocycles. The van der Waals surface area contributed by atoms with Crippen molar-refractivity contribution in [1.29, 1.82) is 0 Å². The van der Waals surface area contributed by atoms with Crippen molar-refractivity contribution in [2.75, 3.05) is 0 Å². The van der Waals surface area contributed by atoms with Gasteiger partial charge < -0.3 is 5.11 Å². The van der Waals surface area contributed by atoms with Crippen molar-refractivity contribution in [3.63, 3.8) is 0 Å². The Kier molecular flexibility index (Phi) is 0.663. The molecule has 0 radical (unpaired) electrons. The van der Waals surface area contributed by atoms with Gasteiger partial charge in [-0.15, -0.1) is 0 Å². The summed E-state index contributed by atoms with van der Waals surface area (Å²) in [6.45, 7) is 1.93. The second-order valence-corrected chi connectivity index (χ2v) is 3.52. The molecule has 0 spiro atoms. The SMILES string of the molecule is C[C@@H](O)C12CC(C1)C2. The topological polar surface area (TPSA) is 20.2 Å². The Balaban J connectivity index is 2.04. The monoisotopic (exact) mass is 112 g/mol. The first-order valence-electron chi connectivity index (χ1n) is 3.41. The summed E-state index contributed by atoms with van der Waals surface area (Å²) in [7, 11) is 0. The molecule has 1 nitrogen and oxygen atoms in total. The number of hydrogen-bond donors (Lipinski definition) is 1. The van der Waals surface area contributed by atoms with E-state index in [-0.39, 0.29) is 6.10 Å². The number of aliphatic hydroxyl groups excluding tert-OH is 1.